The van der Waals surface area contributed by atoms with Gasteiger partial charge in [0.15, 0.2) is 0 Å². The molecule has 0 aliphatic carbocycles. The number of hydrogen-bond acceptors (Lipinski definition) is 2. The number of benzene rings is 2. The molecule has 5 heteroatoms. The summed E-state index contributed by atoms with van der Waals surface area (Å²) in [5, 5.41) is 12.5. The molecule has 2 N–H and O–H groups in total. The van der Waals surface area contributed by atoms with Gasteiger partial charge in [0.05, 0.1) is 5.69 Å². The summed E-state index contributed by atoms with van der Waals surface area (Å²) in [5.41, 5.74) is 1.27. The topological polar surface area (TPSA) is 49.3 Å². The third-order valence-electron chi connectivity index (χ3n) is 2.72. The van der Waals surface area contributed by atoms with Crippen molar-refractivity contribution < 1.29 is 14.3 Å². The van der Waals surface area contributed by atoms with Crippen LogP contribution in [0.4, 0.5) is 10.1 Å². The molecule has 0 aromatic heterocycles. The number of phenolic OH excluding ortho intramolecular Hbond substituents is 1. The Morgan fingerprint density at radius 3 is 2.47 bits per heavy atom. The van der Waals surface area contributed by atoms with E-state index in [2.05, 4.69) is 21.2 Å². The van der Waals surface area contributed by atoms with Crippen molar-refractivity contribution in [2.75, 3.05) is 5.32 Å². The van der Waals surface area contributed by atoms with Gasteiger partial charge in [0.25, 0.3) is 5.91 Å². The maximum atomic E-state index is 12.8. The van der Waals surface area contributed by atoms with E-state index in [1.165, 1.54) is 24.3 Å². The number of phenols is 1. The minimum atomic E-state index is -0.406. The van der Waals surface area contributed by atoms with E-state index in [4.69, 9.17) is 0 Å². The minimum Gasteiger partial charge on any atom is -0.505 e. The molecule has 0 unspecified atom stereocenters. The van der Waals surface area contributed by atoms with Crippen LogP contribution in [0.3, 0.4) is 0 Å². The molecule has 0 bridgehead atoms. The van der Waals surface area contributed by atoms with Crippen LogP contribution in [0.1, 0.15) is 15.9 Å². The van der Waals surface area contributed by atoms with Crippen LogP contribution in [0, 0.1) is 12.7 Å². The first-order chi connectivity index (χ1) is 8.99. The fourth-order valence-corrected chi connectivity index (χ4v) is 1.89. The highest BCUT2D eigenvalue weighted by Crippen LogP contribution is 2.32. The molecule has 2 aromatic rings. The first-order valence-electron chi connectivity index (χ1n) is 5.54. The Labute approximate surface area is 118 Å². The van der Waals surface area contributed by atoms with E-state index in [-0.39, 0.29) is 5.75 Å². The molecule has 0 aliphatic heterocycles. The molecule has 1 amide bonds. The van der Waals surface area contributed by atoms with E-state index in [1.54, 1.807) is 19.1 Å². The first-order valence-corrected chi connectivity index (χ1v) is 6.33. The number of carbonyl (C=O) groups excluding carboxylic acids is 1. The largest absolute Gasteiger partial charge is 0.505 e. The summed E-state index contributed by atoms with van der Waals surface area (Å²) in [5.74, 6) is -0.805. The number of hydrogen-bond donors (Lipinski definition) is 2. The van der Waals surface area contributed by atoms with E-state index in [1.807, 2.05) is 0 Å². The minimum absolute atomic E-state index is 0.00448. The molecule has 0 heterocycles. The summed E-state index contributed by atoms with van der Waals surface area (Å²) < 4.78 is 13.5. The molecule has 0 radical (unpaired) electrons. The van der Waals surface area contributed by atoms with E-state index in [9.17, 15) is 14.3 Å². The quantitative estimate of drug-likeness (QED) is 0.824. The van der Waals surface area contributed by atoms with Crippen molar-refractivity contribution in [1.82, 2.24) is 0 Å². The van der Waals surface area contributed by atoms with Gasteiger partial charge in [-0.1, -0.05) is 15.9 Å². The Hall–Kier alpha value is -1.88. The summed E-state index contributed by atoms with van der Waals surface area (Å²) in [6.07, 6.45) is 0. The highest BCUT2D eigenvalue weighted by molar-refractivity contribution is 9.10. The van der Waals surface area contributed by atoms with Crippen LogP contribution in [0.2, 0.25) is 0 Å². The maximum absolute atomic E-state index is 12.8. The average molecular weight is 324 g/mol. The van der Waals surface area contributed by atoms with Crippen molar-refractivity contribution in [3.05, 3.63) is 57.8 Å². The number of amides is 1. The third-order valence-corrected chi connectivity index (χ3v) is 3.58. The fourth-order valence-electron chi connectivity index (χ4n) is 1.57. The predicted molar refractivity (Wildman–Crippen MR) is 74.9 cm³/mol. The molecule has 0 fully saturated rings. The van der Waals surface area contributed by atoms with E-state index >= 15 is 0 Å². The number of halogens is 2. The second kappa shape index (κ2) is 5.40. The second-order valence-electron chi connectivity index (χ2n) is 4.03. The van der Waals surface area contributed by atoms with Crippen LogP contribution in [-0.4, -0.2) is 11.0 Å². The zero-order valence-electron chi connectivity index (χ0n) is 10.1. The molecule has 0 aliphatic rings. The molecule has 2 aromatic carbocycles. The second-order valence-corrected chi connectivity index (χ2v) is 4.88. The van der Waals surface area contributed by atoms with E-state index in [0.29, 0.717) is 16.8 Å². The van der Waals surface area contributed by atoms with Gasteiger partial charge < -0.3 is 10.4 Å². The van der Waals surface area contributed by atoms with Crippen LogP contribution in [0.5, 0.6) is 5.75 Å². The fraction of sp³-hybridized carbons (Fsp3) is 0.0714. The summed E-state index contributed by atoms with van der Waals surface area (Å²) in [6.45, 7) is 1.73. The van der Waals surface area contributed by atoms with Crippen molar-refractivity contribution in [3.63, 3.8) is 0 Å². The van der Waals surface area contributed by atoms with Crippen LogP contribution < -0.4 is 5.32 Å². The predicted octanol–water partition coefficient (Wildman–Crippen LogP) is 3.85. The van der Waals surface area contributed by atoms with Crippen molar-refractivity contribution >= 4 is 27.5 Å². The summed E-state index contributed by atoms with van der Waals surface area (Å²) in [4.78, 5) is 11.9. The van der Waals surface area contributed by atoms with Gasteiger partial charge in [0.2, 0.25) is 0 Å². The van der Waals surface area contributed by atoms with Crippen molar-refractivity contribution in [1.29, 1.82) is 0 Å². The highest BCUT2D eigenvalue weighted by Gasteiger charge is 2.11. The summed E-state index contributed by atoms with van der Waals surface area (Å²) in [6, 6.07) is 8.51. The SMILES string of the molecule is Cc1c(Br)ccc(NC(=O)c2ccc(F)cc2)c1O. The van der Waals surface area contributed by atoms with Crippen molar-refractivity contribution in [2.24, 2.45) is 0 Å². The van der Waals surface area contributed by atoms with Crippen LogP contribution >= 0.6 is 15.9 Å². The molecule has 0 saturated heterocycles. The Morgan fingerprint density at radius 2 is 1.84 bits per heavy atom. The molecule has 0 spiro atoms. The van der Waals surface area contributed by atoms with E-state index < -0.39 is 11.7 Å². The molecule has 98 valence electrons. The van der Waals surface area contributed by atoms with Crippen molar-refractivity contribution in [2.45, 2.75) is 6.92 Å². The molecule has 0 atom stereocenters. The van der Waals surface area contributed by atoms with Crippen LogP contribution in [0.15, 0.2) is 40.9 Å². The Balaban J connectivity index is 2.24. The highest BCUT2D eigenvalue weighted by atomic mass is 79.9. The van der Waals surface area contributed by atoms with Gasteiger partial charge in [-0.3, -0.25) is 4.79 Å². The maximum Gasteiger partial charge on any atom is 0.255 e. The third kappa shape index (κ3) is 2.93. The summed E-state index contributed by atoms with van der Waals surface area (Å²) in [7, 11) is 0. The normalized spacial score (nSPS) is 10.3. The number of carbonyl (C=O) groups is 1. The molecule has 3 nitrogen and oxygen atoms in total. The molecular weight excluding hydrogens is 313 g/mol. The lowest BCUT2D eigenvalue weighted by Gasteiger charge is -2.10. The number of rotatable bonds is 2. The molecular formula is C14H11BrFNO2. The number of aromatic hydroxyl groups is 1. The molecule has 19 heavy (non-hydrogen) atoms. The van der Waals surface area contributed by atoms with Gasteiger partial charge in [-0.2, -0.15) is 0 Å². The smallest absolute Gasteiger partial charge is 0.255 e. The zero-order valence-corrected chi connectivity index (χ0v) is 11.7. The number of anilines is 1. The standard InChI is InChI=1S/C14H11BrFNO2/c1-8-11(15)6-7-12(13(8)18)17-14(19)9-2-4-10(16)5-3-9/h2-7,18H,1H3,(H,17,19). The lowest BCUT2D eigenvalue weighted by molar-refractivity contribution is 0.102. The number of nitrogens with one attached hydrogen (secondary N) is 1. The first kappa shape index (κ1) is 13.5. The lowest BCUT2D eigenvalue weighted by atomic mass is 10.1. The van der Waals surface area contributed by atoms with Gasteiger partial charge in [-0.15, -0.1) is 0 Å². The van der Waals surface area contributed by atoms with Crippen LogP contribution in [0.25, 0.3) is 0 Å². The van der Waals surface area contributed by atoms with Gasteiger partial charge in [-0.25, -0.2) is 4.39 Å². The van der Waals surface area contributed by atoms with Gasteiger partial charge >= 0.3 is 0 Å². The summed E-state index contributed by atoms with van der Waals surface area (Å²) >= 11 is 3.28. The zero-order chi connectivity index (χ0) is 14.0. The Bertz CT molecular complexity index is 626. The van der Waals surface area contributed by atoms with Gasteiger partial charge in [0.1, 0.15) is 11.6 Å². The van der Waals surface area contributed by atoms with Gasteiger partial charge in [0, 0.05) is 15.6 Å². The molecule has 0 saturated carbocycles. The van der Waals surface area contributed by atoms with Crippen molar-refractivity contribution in [3.8, 4) is 5.75 Å². The van der Waals surface area contributed by atoms with Crippen LogP contribution in [-0.2, 0) is 0 Å². The average Bonchev–Trinajstić information content (AvgIpc) is 2.40. The monoisotopic (exact) mass is 323 g/mol. The van der Waals surface area contributed by atoms with Gasteiger partial charge in [-0.05, 0) is 43.3 Å². The lowest BCUT2D eigenvalue weighted by Crippen LogP contribution is -2.12. The Morgan fingerprint density at radius 1 is 1.21 bits per heavy atom. The van der Waals surface area contributed by atoms with E-state index in [0.717, 1.165) is 4.47 Å². The Kier molecular flexibility index (Phi) is 3.85. The molecule has 2 rings (SSSR count).